The highest BCUT2D eigenvalue weighted by Gasteiger charge is 2.21. The van der Waals surface area contributed by atoms with Gasteiger partial charge in [-0.2, -0.15) is 9.61 Å². The summed E-state index contributed by atoms with van der Waals surface area (Å²) in [6, 6.07) is 5.54. The highest BCUT2D eigenvalue weighted by molar-refractivity contribution is 5.70. The number of fused-ring (bicyclic) bond motifs is 1. The Labute approximate surface area is 153 Å². The topological polar surface area (TPSA) is 76.2 Å². The molecule has 0 aliphatic carbocycles. The van der Waals surface area contributed by atoms with Crippen molar-refractivity contribution < 1.29 is 13.9 Å². The Bertz CT molecular complexity index is 1110. The number of hydrogen-bond donors (Lipinski definition) is 1. The van der Waals surface area contributed by atoms with Crippen molar-refractivity contribution in [3.05, 3.63) is 66.4 Å². The van der Waals surface area contributed by atoms with Crippen LogP contribution >= 0.6 is 0 Å². The number of aromatic nitrogens is 5. The summed E-state index contributed by atoms with van der Waals surface area (Å²) in [5.74, 6) is -1.18. The SMILES string of the molecule is CC(C)(O)c1cnn2c(-c3cc(F)c(-c4ccncc4)c(F)c3)cnc2n1. The third-order valence-electron chi connectivity index (χ3n) is 4.17. The Balaban J connectivity index is 1.83. The molecule has 136 valence electrons. The van der Waals surface area contributed by atoms with Gasteiger partial charge in [-0.25, -0.2) is 18.7 Å². The average molecular weight is 367 g/mol. The van der Waals surface area contributed by atoms with Gasteiger partial charge in [0.1, 0.15) is 17.2 Å². The van der Waals surface area contributed by atoms with Crippen LogP contribution in [-0.4, -0.2) is 29.7 Å². The van der Waals surface area contributed by atoms with Crippen molar-refractivity contribution in [3.8, 4) is 22.4 Å². The van der Waals surface area contributed by atoms with E-state index in [1.807, 2.05) is 0 Å². The van der Waals surface area contributed by atoms with Crippen molar-refractivity contribution in [2.75, 3.05) is 0 Å². The van der Waals surface area contributed by atoms with Gasteiger partial charge in [-0.15, -0.1) is 0 Å². The average Bonchev–Trinajstić information content (AvgIpc) is 3.04. The maximum Gasteiger partial charge on any atom is 0.251 e. The quantitative estimate of drug-likeness (QED) is 0.601. The van der Waals surface area contributed by atoms with E-state index < -0.39 is 17.2 Å². The second-order valence-corrected chi connectivity index (χ2v) is 6.61. The number of hydrogen-bond acceptors (Lipinski definition) is 5. The molecule has 0 saturated heterocycles. The molecule has 0 aliphatic rings. The van der Waals surface area contributed by atoms with Crippen molar-refractivity contribution >= 4 is 5.78 Å². The number of nitrogens with zero attached hydrogens (tertiary/aromatic N) is 5. The zero-order chi connectivity index (χ0) is 19.2. The fraction of sp³-hybridized carbons (Fsp3) is 0.158. The second-order valence-electron chi connectivity index (χ2n) is 6.61. The minimum Gasteiger partial charge on any atom is -0.384 e. The third kappa shape index (κ3) is 3.04. The van der Waals surface area contributed by atoms with Crippen LogP contribution in [0.4, 0.5) is 8.78 Å². The molecule has 0 aliphatic heterocycles. The molecule has 0 atom stereocenters. The summed E-state index contributed by atoms with van der Waals surface area (Å²) in [6.45, 7) is 3.17. The molecule has 0 amide bonds. The maximum atomic E-state index is 14.6. The largest absolute Gasteiger partial charge is 0.384 e. The molecule has 0 unspecified atom stereocenters. The van der Waals surface area contributed by atoms with Gasteiger partial charge in [0.2, 0.25) is 0 Å². The molecule has 4 rings (SSSR count). The molecule has 1 N–H and O–H groups in total. The fourth-order valence-electron chi connectivity index (χ4n) is 2.78. The Morgan fingerprint density at radius 1 is 1.00 bits per heavy atom. The van der Waals surface area contributed by atoms with Gasteiger partial charge in [0.15, 0.2) is 0 Å². The van der Waals surface area contributed by atoms with Crippen LogP contribution in [0.3, 0.4) is 0 Å². The predicted octanol–water partition coefficient (Wildman–Crippen LogP) is 3.36. The van der Waals surface area contributed by atoms with E-state index in [2.05, 4.69) is 20.1 Å². The van der Waals surface area contributed by atoms with E-state index in [0.29, 0.717) is 17.0 Å². The summed E-state index contributed by atoms with van der Waals surface area (Å²) in [5.41, 5.74) is 0.118. The number of benzene rings is 1. The fourth-order valence-corrected chi connectivity index (χ4v) is 2.78. The van der Waals surface area contributed by atoms with Crippen LogP contribution in [0, 0.1) is 11.6 Å². The van der Waals surface area contributed by atoms with Crippen molar-refractivity contribution in [2.24, 2.45) is 0 Å². The molecule has 8 heteroatoms. The van der Waals surface area contributed by atoms with Crippen LogP contribution < -0.4 is 0 Å². The molecule has 3 aromatic heterocycles. The van der Waals surface area contributed by atoms with Crippen LogP contribution in [0.25, 0.3) is 28.2 Å². The van der Waals surface area contributed by atoms with E-state index in [4.69, 9.17) is 0 Å². The zero-order valence-corrected chi connectivity index (χ0v) is 14.6. The molecule has 0 spiro atoms. The van der Waals surface area contributed by atoms with Crippen molar-refractivity contribution in [3.63, 3.8) is 0 Å². The Hall–Kier alpha value is -3.26. The summed E-state index contributed by atoms with van der Waals surface area (Å²) in [7, 11) is 0. The van der Waals surface area contributed by atoms with E-state index in [9.17, 15) is 13.9 Å². The van der Waals surface area contributed by atoms with E-state index in [-0.39, 0.29) is 16.9 Å². The highest BCUT2D eigenvalue weighted by Crippen LogP contribution is 2.31. The van der Waals surface area contributed by atoms with Gasteiger partial charge in [0.05, 0.1) is 29.3 Å². The van der Waals surface area contributed by atoms with E-state index in [1.54, 1.807) is 26.0 Å². The lowest BCUT2D eigenvalue weighted by Gasteiger charge is -2.15. The van der Waals surface area contributed by atoms with Gasteiger partial charge in [-0.1, -0.05) is 0 Å². The number of aliphatic hydroxyl groups is 1. The van der Waals surface area contributed by atoms with Crippen LogP contribution in [0.1, 0.15) is 19.5 Å². The lowest BCUT2D eigenvalue weighted by molar-refractivity contribution is 0.0734. The van der Waals surface area contributed by atoms with E-state index in [0.717, 1.165) is 0 Å². The molecule has 0 bridgehead atoms. The standard InChI is InChI=1S/C19H15F2N5O/c1-19(2,27)16-10-24-26-15(9-23-18(26)25-16)12-7-13(20)17(14(21)8-12)11-3-5-22-6-4-11/h3-10,27H,1-2H3. The van der Waals surface area contributed by atoms with Crippen molar-refractivity contribution in [1.29, 1.82) is 0 Å². The third-order valence-corrected chi connectivity index (χ3v) is 4.17. The van der Waals surface area contributed by atoms with Crippen LogP contribution in [0.5, 0.6) is 0 Å². The Morgan fingerprint density at radius 2 is 1.67 bits per heavy atom. The molecule has 0 radical (unpaired) electrons. The summed E-state index contributed by atoms with van der Waals surface area (Å²) >= 11 is 0. The van der Waals surface area contributed by atoms with E-state index >= 15 is 0 Å². The minimum absolute atomic E-state index is 0.120. The first kappa shape index (κ1) is 17.2. The Morgan fingerprint density at radius 3 is 2.30 bits per heavy atom. The van der Waals surface area contributed by atoms with Gasteiger partial charge in [0, 0.05) is 18.0 Å². The van der Waals surface area contributed by atoms with Crippen molar-refractivity contribution in [2.45, 2.75) is 19.4 Å². The lowest BCUT2D eigenvalue weighted by Crippen LogP contribution is -2.19. The molecule has 0 fully saturated rings. The molecule has 27 heavy (non-hydrogen) atoms. The minimum atomic E-state index is -1.18. The van der Waals surface area contributed by atoms with Crippen LogP contribution in [-0.2, 0) is 5.60 Å². The van der Waals surface area contributed by atoms with E-state index in [1.165, 1.54) is 41.4 Å². The molecule has 0 saturated carbocycles. The molecule has 6 nitrogen and oxygen atoms in total. The van der Waals surface area contributed by atoms with Crippen molar-refractivity contribution in [1.82, 2.24) is 24.6 Å². The number of pyridine rings is 1. The maximum absolute atomic E-state index is 14.6. The first-order valence-electron chi connectivity index (χ1n) is 8.18. The number of imidazole rings is 1. The van der Waals surface area contributed by atoms with Gasteiger partial charge in [-0.05, 0) is 43.7 Å². The van der Waals surface area contributed by atoms with Gasteiger partial charge >= 0.3 is 0 Å². The highest BCUT2D eigenvalue weighted by atomic mass is 19.1. The van der Waals surface area contributed by atoms with Gasteiger partial charge < -0.3 is 5.11 Å². The molecule has 3 heterocycles. The second kappa shape index (κ2) is 6.17. The monoisotopic (exact) mass is 367 g/mol. The molecule has 4 aromatic rings. The predicted molar refractivity (Wildman–Crippen MR) is 94.6 cm³/mol. The Kier molecular flexibility index (Phi) is 3.92. The van der Waals surface area contributed by atoms with Gasteiger partial charge in [0.25, 0.3) is 5.78 Å². The first-order valence-corrected chi connectivity index (χ1v) is 8.18. The first-order chi connectivity index (χ1) is 12.8. The van der Waals surface area contributed by atoms with Crippen LogP contribution in [0.15, 0.2) is 49.1 Å². The summed E-state index contributed by atoms with van der Waals surface area (Å²) in [5, 5.41) is 14.2. The molecule has 1 aromatic carbocycles. The van der Waals surface area contributed by atoms with Gasteiger partial charge in [-0.3, -0.25) is 4.98 Å². The number of rotatable bonds is 3. The molecular weight excluding hydrogens is 352 g/mol. The smallest absolute Gasteiger partial charge is 0.251 e. The summed E-state index contributed by atoms with van der Waals surface area (Å²) in [4.78, 5) is 12.2. The normalized spacial score (nSPS) is 11.9. The van der Waals surface area contributed by atoms with Crippen LogP contribution in [0.2, 0.25) is 0 Å². The summed E-state index contributed by atoms with van der Waals surface area (Å²) in [6.07, 6.45) is 5.78. The lowest BCUT2D eigenvalue weighted by atomic mass is 10.0. The number of halogens is 2. The zero-order valence-electron chi connectivity index (χ0n) is 14.6. The molecular formula is C19H15F2N5O. The summed E-state index contributed by atoms with van der Waals surface area (Å²) < 4.78 is 30.7.